The maximum Gasteiger partial charge on any atom is 0.319 e. The van der Waals surface area contributed by atoms with Crippen LogP contribution in [0.1, 0.15) is 11.1 Å². The van der Waals surface area contributed by atoms with Gasteiger partial charge in [-0.05, 0) is 36.8 Å². The molecule has 0 saturated heterocycles. The van der Waals surface area contributed by atoms with Gasteiger partial charge in [-0.25, -0.2) is 4.79 Å². The molecule has 1 heterocycles. The molecule has 7 nitrogen and oxygen atoms in total. The van der Waals surface area contributed by atoms with E-state index in [0.717, 1.165) is 21.2 Å². The normalized spacial score (nSPS) is 11.5. The van der Waals surface area contributed by atoms with Crippen molar-refractivity contribution in [3.63, 3.8) is 0 Å². The van der Waals surface area contributed by atoms with Crippen molar-refractivity contribution >= 4 is 50.0 Å². The highest BCUT2D eigenvalue weighted by atomic mass is 79.9. The van der Waals surface area contributed by atoms with Crippen molar-refractivity contribution in [2.24, 2.45) is 0 Å². The van der Waals surface area contributed by atoms with E-state index in [-0.39, 0.29) is 5.91 Å². The van der Waals surface area contributed by atoms with Crippen LogP contribution in [0.5, 0.6) is 0 Å². The van der Waals surface area contributed by atoms with Gasteiger partial charge < -0.3 is 10.6 Å². The number of carbonyl (C=O) groups excluding carboxylic acids is 2. The van der Waals surface area contributed by atoms with Gasteiger partial charge in [0.05, 0.1) is 0 Å². The average Bonchev–Trinajstić information content (AvgIpc) is 3.29. The molecule has 4 rings (SSSR count). The molecule has 34 heavy (non-hydrogen) atoms. The number of halogens is 1. The van der Waals surface area contributed by atoms with E-state index in [4.69, 9.17) is 0 Å². The summed E-state index contributed by atoms with van der Waals surface area (Å²) in [6.45, 7) is 1.97. The molecular formula is C25H22BrN5O2S. The fourth-order valence-electron chi connectivity index (χ4n) is 3.20. The van der Waals surface area contributed by atoms with Crippen LogP contribution >= 0.6 is 27.3 Å². The predicted octanol–water partition coefficient (Wildman–Crippen LogP) is 5.65. The minimum absolute atomic E-state index is 0.326. The van der Waals surface area contributed by atoms with Gasteiger partial charge in [0.15, 0.2) is 0 Å². The van der Waals surface area contributed by atoms with Crippen molar-refractivity contribution in [2.45, 2.75) is 19.4 Å². The molecule has 0 unspecified atom stereocenters. The van der Waals surface area contributed by atoms with Crippen LogP contribution in [0.4, 0.5) is 15.6 Å². The van der Waals surface area contributed by atoms with Gasteiger partial charge in [-0.1, -0.05) is 87.4 Å². The topological polar surface area (TPSA) is 96.0 Å². The molecule has 0 saturated carbocycles. The van der Waals surface area contributed by atoms with Gasteiger partial charge in [0.25, 0.3) is 0 Å². The lowest BCUT2D eigenvalue weighted by Crippen LogP contribution is -2.46. The maximum atomic E-state index is 13.1. The van der Waals surface area contributed by atoms with E-state index >= 15 is 0 Å². The second kappa shape index (κ2) is 11.0. The summed E-state index contributed by atoms with van der Waals surface area (Å²) >= 11 is 4.68. The highest BCUT2D eigenvalue weighted by Gasteiger charge is 2.23. The summed E-state index contributed by atoms with van der Waals surface area (Å²) < 4.78 is 0.966. The van der Waals surface area contributed by atoms with Crippen LogP contribution < -0.4 is 16.0 Å². The number of hydrogen-bond donors (Lipinski definition) is 3. The summed E-state index contributed by atoms with van der Waals surface area (Å²) in [6, 6.07) is 23.4. The molecule has 4 aromatic rings. The fourth-order valence-corrected chi connectivity index (χ4v) is 4.21. The van der Waals surface area contributed by atoms with E-state index in [1.165, 1.54) is 11.3 Å². The van der Waals surface area contributed by atoms with E-state index in [2.05, 4.69) is 42.1 Å². The van der Waals surface area contributed by atoms with Gasteiger partial charge in [0, 0.05) is 22.1 Å². The van der Waals surface area contributed by atoms with Gasteiger partial charge in [0.1, 0.15) is 11.0 Å². The van der Waals surface area contributed by atoms with Gasteiger partial charge in [-0.2, -0.15) is 0 Å². The summed E-state index contributed by atoms with van der Waals surface area (Å²) in [5.74, 6) is -0.374. The number of aryl methyl sites for hydroxylation is 1. The van der Waals surface area contributed by atoms with Gasteiger partial charge in [0.2, 0.25) is 11.0 Å². The Hall–Kier alpha value is -3.56. The van der Waals surface area contributed by atoms with Crippen LogP contribution in [-0.4, -0.2) is 28.2 Å². The van der Waals surface area contributed by atoms with Crippen LogP contribution in [0.2, 0.25) is 0 Å². The van der Waals surface area contributed by atoms with Crippen molar-refractivity contribution in [3.8, 4) is 10.6 Å². The molecule has 172 valence electrons. The first-order chi connectivity index (χ1) is 16.5. The zero-order valence-electron chi connectivity index (χ0n) is 18.3. The quantitative estimate of drug-likeness (QED) is 0.285. The van der Waals surface area contributed by atoms with E-state index in [9.17, 15) is 9.59 Å². The lowest BCUT2D eigenvalue weighted by atomic mass is 10.1. The average molecular weight is 536 g/mol. The highest BCUT2D eigenvalue weighted by Crippen LogP contribution is 2.27. The zero-order valence-corrected chi connectivity index (χ0v) is 20.7. The number of benzene rings is 3. The smallest absolute Gasteiger partial charge is 0.319 e. The Bertz CT molecular complexity index is 1260. The molecule has 0 radical (unpaired) electrons. The molecule has 0 spiro atoms. The van der Waals surface area contributed by atoms with E-state index in [1.54, 1.807) is 0 Å². The SMILES string of the molecule is Cc1ccc(NC(=O)N[C@H](Cc2ccccc2)C(=O)Nc2nnc(-c3ccc(Br)cc3)s2)cc1. The van der Waals surface area contributed by atoms with E-state index < -0.39 is 12.1 Å². The molecule has 0 bridgehead atoms. The zero-order chi connectivity index (χ0) is 23.9. The number of rotatable bonds is 7. The Morgan fingerprint density at radius 1 is 0.912 bits per heavy atom. The second-order valence-electron chi connectivity index (χ2n) is 7.62. The van der Waals surface area contributed by atoms with Gasteiger partial charge in [-0.3, -0.25) is 10.1 Å². The molecule has 1 aromatic heterocycles. The number of carbonyl (C=O) groups is 2. The second-order valence-corrected chi connectivity index (χ2v) is 9.51. The van der Waals surface area contributed by atoms with Crippen molar-refractivity contribution < 1.29 is 9.59 Å². The Morgan fingerprint density at radius 2 is 1.62 bits per heavy atom. The van der Waals surface area contributed by atoms with Crippen molar-refractivity contribution in [3.05, 3.63) is 94.5 Å². The molecular weight excluding hydrogens is 514 g/mol. The molecule has 0 aliphatic heterocycles. The first-order valence-electron chi connectivity index (χ1n) is 10.5. The number of amides is 3. The summed E-state index contributed by atoms with van der Waals surface area (Å²) in [5, 5.41) is 17.7. The first-order valence-corrected chi connectivity index (χ1v) is 12.2. The minimum atomic E-state index is -0.812. The number of nitrogens with zero attached hydrogens (tertiary/aromatic N) is 2. The molecule has 3 aromatic carbocycles. The van der Waals surface area contributed by atoms with Crippen molar-refractivity contribution in [1.29, 1.82) is 0 Å². The molecule has 9 heteroatoms. The molecule has 0 aliphatic rings. The number of hydrogen-bond acceptors (Lipinski definition) is 5. The van der Waals surface area contributed by atoms with Crippen LogP contribution in [0.3, 0.4) is 0 Å². The summed E-state index contributed by atoms with van der Waals surface area (Å²) in [6.07, 6.45) is 0.326. The van der Waals surface area contributed by atoms with Crippen molar-refractivity contribution in [2.75, 3.05) is 10.6 Å². The van der Waals surface area contributed by atoms with Crippen LogP contribution in [0.25, 0.3) is 10.6 Å². The largest absolute Gasteiger partial charge is 0.326 e. The monoisotopic (exact) mass is 535 g/mol. The van der Waals surface area contributed by atoms with Gasteiger partial charge in [-0.15, -0.1) is 10.2 Å². The predicted molar refractivity (Wildman–Crippen MR) is 139 cm³/mol. The Morgan fingerprint density at radius 3 is 2.32 bits per heavy atom. The van der Waals surface area contributed by atoms with Crippen LogP contribution in [-0.2, 0) is 11.2 Å². The molecule has 3 amide bonds. The highest BCUT2D eigenvalue weighted by molar-refractivity contribution is 9.10. The maximum absolute atomic E-state index is 13.1. The number of aromatic nitrogens is 2. The lowest BCUT2D eigenvalue weighted by molar-refractivity contribution is -0.117. The van der Waals surface area contributed by atoms with E-state index in [0.29, 0.717) is 22.2 Å². The number of anilines is 2. The summed E-state index contributed by atoms with van der Waals surface area (Å²) in [7, 11) is 0. The molecule has 0 fully saturated rings. The fraction of sp³-hybridized carbons (Fsp3) is 0.120. The third-order valence-corrected chi connectivity index (χ3v) is 6.38. The summed E-state index contributed by atoms with van der Waals surface area (Å²) in [5.41, 5.74) is 3.56. The Balaban J connectivity index is 1.46. The van der Waals surface area contributed by atoms with Crippen LogP contribution in [0.15, 0.2) is 83.3 Å². The first kappa shape index (κ1) is 23.6. The Kier molecular flexibility index (Phi) is 7.66. The number of nitrogens with one attached hydrogen (secondary N) is 3. The van der Waals surface area contributed by atoms with Crippen LogP contribution in [0, 0.1) is 6.92 Å². The van der Waals surface area contributed by atoms with E-state index in [1.807, 2.05) is 85.8 Å². The third kappa shape index (κ3) is 6.49. The van der Waals surface area contributed by atoms with Gasteiger partial charge >= 0.3 is 6.03 Å². The lowest BCUT2D eigenvalue weighted by Gasteiger charge is -2.18. The van der Waals surface area contributed by atoms with Crippen molar-refractivity contribution in [1.82, 2.24) is 15.5 Å². The standard InChI is InChI=1S/C25H22BrN5O2S/c1-16-7-13-20(14-8-16)27-24(33)28-21(15-17-5-3-2-4-6-17)22(32)29-25-31-30-23(34-25)18-9-11-19(26)12-10-18/h2-14,21H,15H2,1H3,(H2,27,28,33)(H,29,31,32)/t21-/m1/s1. The third-order valence-electron chi connectivity index (χ3n) is 4.96. The molecule has 1 atom stereocenters. The molecule has 3 N–H and O–H groups in total. The summed E-state index contributed by atoms with van der Waals surface area (Å²) in [4.78, 5) is 25.8. The Labute approximate surface area is 209 Å². The number of urea groups is 1. The minimum Gasteiger partial charge on any atom is -0.326 e. The molecule has 0 aliphatic carbocycles.